The topological polar surface area (TPSA) is 137 Å². The number of aliphatic hydroxyl groups is 4. The van der Waals surface area contributed by atoms with Crippen molar-refractivity contribution in [2.24, 2.45) is 23.2 Å². The van der Waals surface area contributed by atoms with E-state index in [0.29, 0.717) is 24.2 Å². The molecule has 178 valence electrons. The lowest BCUT2D eigenvalue weighted by Crippen LogP contribution is -2.60. The summed E-state index contributed by atoms with van der Waals surface area (Å²) in [6.07, 6.45) is 2.40. The van der Waals surface area contributed by atoms with Crippen LogP contribution in [-0.2, 0) is 14.3 Å². The van der Waals surface area contributed by atoms with Gasteiger partial charge in [-0.15, -0.1) is 0 Å². The first-order valence-electron chi connectivity index (χ1n) is 11.9. The molecule has 1 unspecified atom stereocenters. The van der Waals surface area contributed by atoms with Gasteiger partial charge in [-0.3, -0.25) is 0 Å². The fourth-order valence-corrected chi connectivity index (χ4v) is 7.21. The lowest BCUT2D eigenvalue weighted by atomic mass is 9.55. The Hall–Kier alpha value is -1.29. The predicted molar refractivity (Wildman–Crippen MR) is 112 cm³/mol. The average Bonchev–Trinajstić information content (AvgIpc) is 3.08. The van der Waals surface area contributed by atoms with E-state index in [1.165, 1.54) is 11.1 Å². The maximum Gasteiger partial charge on any atom is 0.335 e. The number of carboxylic acids is 1. The van der Waals surface area contributed by atoms with Crippen molar-refractivity contribution in [2.45, 2.75) is 94.8 Å². The fourth-order valence-electron chi connectivity index (χ4n) is 7.21. The van der Waals surface area contributed by atoms with Gasteiger partial charge in [0.05, 0.1) is 12.2 Å². The predicted octanol–water partition coefficient (Wildman–Crippen LogP) is 1.12. The zero-order chi connectivity index (χ0) is 22.8. The molecule has 0 radical (unpaired) electrons. The van der Waals surface area contributed by atoms with Gasteiger partial charge < -0.3 is 35.0 Å². The maximum atomic E-state index is 11.3. The molecule has 5 rings (SSSR count). The van der Waals surface area contributed by atoms with E-state index >= 15 is 0 Å². The summed E-state index contributed by atoms with van der Waals surface area (Å²) in [6.45, 7) is 2.27. The molecule has 0 spiro atoms. The van der Waals surface area contributed by atoms with E-state index in [1.54, 1.807) is 0 Å². The van der Waals surface area contributed by atoms with Crippen molar-refractivity contribution in [3.63, 3.8) is 0 Å². The second-order valence-electron chi connectivity index (χ2n) is 10.6. The van der Waals surface area contributed by atoms with E-state index in [2.05, 4.69) is 13.0 Å². The number of rotatable bonds is 3. The molecule has 32 heavy (non-hydrogen) atoms. The molecule has 1 saturated heterocycles. The lowest BCUT2D eigenvalue weighted by Gasteiger charge is -2.51. The molecule has 1 heterocycles. The van der Waals surface area contributed by atoms with Crippen molar-refractivity contribution in [3.05, 3.63) is 23.3 Å². The highest BCUT2D eigenvalue weighted by atomic mass is 16.7. The normalized spacial score (nSPS) is 50.5. The van der Waals surface area contributed by atoms with Crippen LogP contribution in [0.2, 0.25) is 0 Å². The Morgan fingerprint density at radius 2 is 1.88 bits per heavy atom. The summed E-state index contributed by atoms with van der Waals surface area (Å²) >= 11 is 0. The summed E-state index contributed by atoms with van der Waals surface area (Å²) < 4.78 is 11.1. The van der Waals surface area contributed by atoms with Gasteiger partial charge in [0.2, 0.25) is 0 Å². The van der Waals surface area contributed by atoms with Crippen LogP contribution in [0.5, 0.6) is 0 Å². The Labute approximate surface area is 187 Å². The standard InChI is InChI=1S/C24H34O8/c1-24-9-8-14-13-5-3-12(10-11(13)2-4-15(14)16(24)6-7-17(24)25)31-23-20(28)18(26)19(27)21(32-23)22(29)30/h3,5,12,14-21,23,25-28H,2,4,6-10H2,1H3,(H,29,30)/t12?,14-,15-,16+,17+,18+,19+,20-,21+,23-,24+/m1/s1. The third-order valence-electron chi connectivity index (χ3n) is 9.03. The zero-order valence-corrected chi connectivity index (χ0v) is 18.3. The number of aliphatic carboxylic acids is 1. The Balaban J connectivity index is 1.28. The molecule has 0 aromatic carbocycles. The van der Waals surface area contributed by atoms with Crippen LogP contribution in [0.4, 0.5) is 0 Å². The number of ether oxygens (including phenoxy) is 2. The van der Waals surface area contributed by atoms with Gasteiger partial charge in [0.15, 0.2) is 12.4 Å². The molecular weight excluding hydrogens is 416 g/mol. The van der Waals surface area contributed by atoms with Crippen LogP contribution in [0, 0.1) is 23.2 Å². The summed E-state index contributed by atoms with van der Waals surface area (Å²) in [5.41, 5.74) is 2.76. The molecular formula is C24H34O8. The minimum Gasteiger partial charge on any atom is -0.479 e. The van der Waals surface area contributed by atoms with Crippen LogP contribution in [0.1, 0.15) is 51.9 Å². The van der Waals surface area contributed by atoms with Crippen molar-refractivity contribution in [1.82, 2.24) is 0 Å². The van der Waals surface area contributed by atoms with Gasteiger partial charge in [-0.25, -0.2) is 4.79 Å². The summed E-state index contributed by atoms with van der Waals surface area (Å²) in [7, 11) is 0. The highest BCUT2D eigenvalue weighted by Gasteiger charge is 2.55. The number of aliphatic hydroxyl groups excluding tert-OH is 4. The summed E-state index contributed by atoms with van der Waals surface area (Å²) in [6, 6.07) is 0. The van der Waals surface area contributed by atoms with E-state index in [-0.39, 0.29) is 11.5 Å². The molecule has 5 N–H and O–H groups in total. The van der Waals surface area contributed by atoms with Gasteiger partial charge in [0.1, 0.15) is 18.3 Å². The third-order valence-corrected chi connectivity index (χ3v) is 9.03. The fraction of sp³-hybridized carbons (Fsp3) is 0.792. The monoisotopic (exact) mass is 450 g/mol. The molecule has 4 aliphatic carbocycles. The van der Waals surface area contributed by atoms with Crippen LogP contribution in [0.15, 0.2) is 23.3 Å². The minimum absolute atomic E-state index is 0.0454. The van der Waals surface area contributed by atoms with Crippen LogP contribution >= 0.6 is 0 Å². The third kappa shape index (κ3) is 3.47. The highest BCUT2D eigenvalue weighted by molar-refractivity contribution is 5.73. The molecule has 8 nitrogen and oxygen atoms in total. The number of carbonyl (C=O) groups is 1. The van der Waals surface area contributed by atoms with E-state index in [1.807, 2.05) is 6.08 Å². The quantitative estimate of drug-likeness (QED) is 0.431. The summed E-state index contributed by atoms with van der Waals surface area (Å²) in [5.74, 6) is 0.257. The Kier molecular flexibility index (Phi) is 5.75. The number of fused-ring (bicyclic) bond motifs is 4. The minimum atomic E-state index is -1.72. The van der Waals surface area contributed by atoms with Crippen LogP contribution in [-0.4, -0.2) is 74.4 Å². The first kappa shape index (κ1) is 22.5. The largest absolute Gasteiger partial charge is 0.479 e. The Morgan fingerprint density at radius 1 is 1.09 bits per heavy atom. The molecule has 2 saturated carbocycles. The maximum absolute atomic E-state index is 11.3. The molecule has 0 amide bonds. The van der Waals surface area contributed by atoms with Gasteiger partial charge in [-0.05, 0) is 73.7 Å². The smallest absolute Gasteiger partial charge is 0.335 e. The van der Waals surface area contributed by atoms with Crippen LogP contribution in [0.3, 0.4) is 0 Å². The van der Waals surface area contributed by atoms with E-state index < -0.39 is 42.8 Å². The molecule has 0 aromatic rings. The molecule has 1 aliphatic heterocycles. The van der Waals surface area contributed by atoms with E-state index in [4.69, 9.17) is 9.47 Å². The van der Waals surface area contributed by atoms with Gasteiger partial charge in [0, 0.05) is 0 Å². The van der Waals surface area contributed by atoms with Crippen molar-refractivity contribution >= 4 is 5.97 Å². The van der Waals surface area contributed by atoms with Crippen molar-refractivity contribution in [3.8, 4) is 0 Å². The molecule has 8 heteroatoms. The SMILES string of the molecule is C[C@]12CC[C@@H]3C4=C(CC[C@H]3[C@@H]1CC[C@@H]2O)CC(O[C@@H]1O[C@H](C(=O)O)[C@@H](O)[C@H](O)[C@H]1O)C=C4. The molecule has 0 bridgehead atoms. The Morgan fingerprint density at radius 3 is 2.62 bits per heavy atom. The van der Waals surface area contributed by atoms with Crippen molar-refractivity contribution < 1.29 is 39.8 Å². The summed E-state index contributed by atoms with van der Waals surface area (Å²) in [5, 5.41) is 49.9. The van der Waals surface area contributed by atoms with Gasteiger partial charge in [0.25, 0.3) is 0 Å². The van der Waals surface area contributed by atoms with Gasteiger partial charge in [-0.2, -0.15) is 0 Å². The lowest BCUT2D eigenvalue weighted by molar-refractivity contribution is -0.300. The second-order valence-corrected chi connectivity index (χ2v) is 10.6. The number of hydrogen-bond acceptors (Lipinski definition) is 7. The van der Waals surface area contributed by atoms with Crippen molar-refractivity contribution in [2.75, 3.05) is 0 Å². The molecule has 0 aromatic heterocycles. The number of hydrogen-bond donors (Lipinski definition) is 5. The second kappa shape index (κ2) is 8.18. The van der Waals surface area contributed by atoms with Crippen LogP contribution < -0.4 is 0 Å². The number of allylic oxidation sites excluding steroid dienone is 2. The molecule has 3 fully saturated rings. The van der Waals surface area contributed by atoms with Gasteiger partial charge >= 0.3 is 5.97 Å². The highest BCUT2D eigenvalue weighted by Crippen LogP contribution is 2.60. The average molecular weight is 451 g/mol. The molecule has 5 aliphatic rings. The number of carboxylic acid groups (broad SMARTS) is 1. The van der Waals surface area contributed by atoms with E-state index in [0.717, 1.165) is 38.5 Å². The van der Waals surface area contributed by atoms with Crippen molar-refractivity contribution in [1.29, 1.82) is 0 Å². The first-order valence-corrected chi connectivity index (χ1v) is 11.9. The van der Waals surface area contributed by atoms with Crippen LogP contribution in [0.25, 0.3) is 0 Å². The van der Waals surface area contributed by atoms with E-state index in [9.17, 15) is 30.3 Å². The zero-order valence-electron chi connectivity index (χ0n) is 18.3. The first-order chi connectivity index (χ1) is 15.2. The van der Waals surface area contributed by atoms with Gasteiger partial charge in [-0.1, -0.05) is 24.6 Å². The summed E-state index contributed by atoms with van der Waals surface area (Å²) in [4.78, 5) is 11.3. The Bertz CT molecular complexity index is 823. The molecule has 11 atom stereocenters.